The van der Waals surface area contributed by atoms with Crippen LogP contribution in [0.5, 0.6) is 0 Å². The number of nitrogens with one attached hydrogen (secondary N) is 4. The Labute approximate surface area is 238 Å². The molecular formula is C25H35N5O12. The molecular weight excluding hydrogens is 562 g/mol. The number of carbonyl (C=O) groups excluding carboxylic acids is 3. The average Bonchev–Trinajstić information content (AvgIpc) is 3.18. The fourth-order valence-electron chi connectivity index (χ4n) is 5.05. The van der Waals surface area contributed by atoms with E-state index in [9.17, 15) is 39.3 Å². The van der Waals surface area contributed by atoms with E-state index in [0.717, 1.165) is 29.3 Å². The number of nitrogens with zero attached hydrogens (tertiary/aromatic N) is 1. The zero-order valence-electron chi connectivity index (χ0n) is 23.1. The maximum atomic E-state index is 13.0. The third kappa shape index (κ3) is 6.55. The van der Waals surface area contributed by atoms with Gasteiger partial charge in [-0.1, -0.05) is 0 Å². The molecule has 1 aromatic heterocycles. The molecule has 10 atom stereocenters. The average molecular weight is 598 g/mol. The van der Waals surface area contributed by atoms with Gasteiger partial charge in [-0.2, -0.15) is 0 Å². The van der Waals surface area contributed by atoms with Crippen LogP contribution >= 0.6 is 0 Å². The maximum absolute atomic E-state index is 13.0. The first kappa shape index (κ1) is 31.3. The van der Waals surface area contributed by atoms with E-state index >= 15 is 0 Å². The molecule has 3 amide bonds. The first-order chi connectivity index (χ1) is 19.9. The number of aliphatic hydroxyl groups is 3. The van der Waals surface area contributed by atoms with Gasteiger partial charge in [0.05, 0.1) is 0 Å². The summed E-state index contributed by atoms with van der Waals surface area (Å²) in [5.41, 5.74) is -1.58. The van der Waals surface area contributed by atoms with Gasteiger partial charge in [0.1, 0.15) is 36.6 Å². The van der Waals surface area contributed by atoms with Crippen molar-refractivity contribution >= 4 is 17.7 Å². The lowest BCUT2D eigenvalue weighted by Crippen LogP contribution is -2.55. The second kappa shape index (κ2) is 13.1. The number of hydrogen-bond donors (Lipinski definition) is 7. The number of H-pyrrole nitrogens is 1. The van der Waals surface area contributed by atoms with Gasteiger partial charge >= 0.3 is 5.69 Å². The summed E-state index contributed by atoms with van der Waals surface area (Å²) in [6.45, 7) is 1.85. The molecule has 17 heteroatoms. The number of likely N-dealkylation sites (N-methyl/N-ethyl adjacent to an activating group) is 1. The number of rotatable bonds is 8. The number of amides is 3. The molecule has 232 valence electrons. The number of hydrogen-bond acceptors (Lipinski definition) is 12. The van der Waals surface area contributed by atoms with Crippen LogP contribution in [0.4, 0.5) is 0 Å². The molecule has 42 heavy (non-hydrogen) atoms. The maximum Gasteiger partial charge on any atom is 0.330 e. The van der Waals surface area contributed by atoms with Crippen molar-refractivity contribution in [3.63, 3.8) is 0 Å². The largest absolute Gasteiger partial charge is 0.456 e. The minimum absolute atomic E-state index is 0.0596. The Balaban J connectivity index is 1.54. The number of ether oxygens (including phenoxy) is 4. The highest BCUT2D eigenvalue weighted by Gasteiger charge is 2.52. The predicted octanol–water partition coefficient (Wildman–Crippen LogP) is -3.92. The molecule has 0 spiro atoms. The van der Waals surface area contributed by atoms with Crippen molar-refractivity contribution in [2.75, 3.05) is 14.2 Å². The number of aromatic nitrogens is 2. The van der Waals surface area contributed by atoms with Gasteiger partial charge in [0.15, 0.2) is 18.1 Å². The molecule has 4 rings (SSSR count). The van der Waals surface area contributed by atoms with Crippen LogP contribution in [0.2, 0.25) is 0 Å². The molecule has 1 aromatic rings. The Morgan fingerprint density at radius 3 is 2.57 bits per heavy atom. The first-order valence-corrected chi connectivity index (χ1v) is 13.4. The molecule has 3 aliphatic rings. The van der Waals surface area contributed by atoms with Gasteiger partial charge in [-0.25, -0.2) is 4.79 Å². The summed E-state index contributed by atoms with van der Waals surface area (Å²) < 4.78 is 23.3. The van der Waals surface area contributed by atoms with E-state index < -0.39 is 84.0 Å². The number of carbonyl (C=O) groups is 3. The lowest BCUT2D eigenvalue weighted by atomic mass is 10.0. The third-order valence-corrected chi connectivity index (χ3v) is 7.29. The summed E-state index contributed by atoms with van der Waals surface area (Å²) in [4.78, 5) is 64.2. The Morgan fingerprint density at radius 1 is 1.17 bits per heavy atom. The molecule has 4 heterocycles. The quantitative estimate of drug-likeness (QED) is 0.152. The van der Waals surface area contributed by atoms with Crippen LogP contribution in [0.15, 0.2) is 33.7 Å². The van der Waals surface area contributed by atoms with Gasteiger partial charge in [-0.3, -0.25) is 28.7 Å². The van der Waals surface area contributed by atoms with Crippen molar-refractivity contribution in [2.45, 2.75) is 87.4 Å². The molecule has 2 fully saturated rings. The molecule has 17 nitrogen and oxygen atoms in total. The molecule has 2 saturated heterocycles. The van der Waals surface area contributed by atoms with Crippen LogP contribution in [0.1, 0.15) is 32.4 Å². The van der Waals surface area contributed by atoms with Crippen molar-refractivity contribution in [2.24, 2.45) is 0 Å². The van der Waals surface area contributed by atoms with Crippen molar-refractivity contribution in [3.8, 4) is 0 Å². The Bertz CT molecular complexity index is 1310. The first-order valence-electron chi connectivity index (χ1n) is 13.4. The van der Waals surface area contributed by atoms with Crippen LogP contribution in [0.25, 0.3) is 0 Å². The highest BCUT2D eigenvalue weighted by atomic mass is 16.7. The fraction of sp³-hybridized carbons (Fsp3) is 0.640. The molecule has 0 saturated carbocycles. The highest BCUT2D eigenvalue weighted by Crippen LogP contribution is 2.34. The van der Waals surface area contributed by atoms with E-state index in [2.05, 4.69) is 16.0 Å². The van der Waals surface area contributed by atoms with Crippen LogP contribution in [0.3, 0.4) is 0 Å². The normalized spacial score (nSPS) is 33.9. The van der Waals surface area contributed by atoms with Crippen LogP contribution in [-0.2, 0) is 33.3 Å². The number of aromatic amines is 1. The smallest absolute Gasteiger partial charge is 0.330 e. The standard InChI is InChI=1S/C25H35N5O12/c1-10-5-4-6-11(20(35)27-10)28-21(36)13-9-12(31)15(33)24(40-13)42-19(22(37)26-2)18-17(39-3)16(34)23(41-18)30-8-7-14(32)29-25(30)38/h7-12,15-19,23-24,31,33-34H,4-6H2,1-3H3,(H,26,37)(H,27,35)(H,28,36)(H,29,32,38)/t10-,11+,12+,15+,16-,17+,18+,19-,23-,24-/m1/s1. The topological polar surface area (TPSA) is 240 Å². The second-order valence-corrected chi connectivity index (χ2v) is 10.2. The van der Waals surface area contributed by atoms with Gasteiger partial charge in [0.25, 0.3) is 17.4 Å². The van der Waals surface area contributed by atoms with Gasteiger partial charge in [-0.05, 0) is 32.3 Å². The van der Waals surface area contributed by atoms with E-state index in [4.69, 9.17) is 18.9 Å². The summed E-state index contributed by atoms with van der Waals surface area (Å²) in [5, 5.41) is 39.6. The van der Waals surface area contributed by atoms with E-state index in [1.807, 2.05) is 11.9 Å². The lowest BCUT2D eigenvalue weighted by molar-refractivity contribution is -0.242. The zero-order chi connectivity index (χ0) is 30.7. The summed E-state index contributed by atoms with van der Waals surface area (Å²) in [6, 6.07) is 0.110. The van der Waals surface area contributed by atoms with E-state index in [1.54, 1.807) is 0 Å². The van der Waals surface area contributed by atoms with Gasteiger partial charge in [0, 0.05) is 32.5 Å². The minimum Gasteiger partial charge on any atom is -0.456 e. The van der Waals surface area contributed by atoms with Crippen LogP contribution in [-0.4, -0.2) is 112 Å². The Kier molecular flexibility index (Phi) is 9.80. The molecule has 0 unspecified atom stereocenters. The van der Waals surface area contributed by atoms with E-state index in [0.29, 0.717) is 12.8 Å². The lowest BCUT2D eigenvalue weighted by Gasteiger charge is -2.35. The highest BCUT2D eigenvalue weighted by molar-refractivity contribution is 5.95. The van der Waals surface area contributed by atoms with Gasteiger partial charge in [0.2, 0.25) is 12.2 Å². The Morgan fingerprint density at radius 2 is 1.90 bits per heavy atom. The number of methoxy groups -OCH3 is 1. The molecule has 7 N–H and O–H groups in total. The third-order valence-electron chi connectivity index (χ3n) is 7.29. The van der Waals surface area contributed by atoms with Crippen molar-refractivity contribution < 1.29 is 48.7 Å². The predicted molar refractivity (Wildman–Crippen MR) is 139 cm³/mol. The van der Waals surface area contributed by atoms with E-state index in [-0.39, 0.29) is 11.9 Å². The summed E-state index contributed by atoms with van der Waals surface area (Å²) in [5.74, 6) is -2.53. The molecule has 3 aliphatic heterocycles. The second-order valence-electron chi connectivity index (χ2n) is 10.2. The minimum atomic E-state index is -1.80. The molecule has 0 aliphatic carbocycles. The summed E-state index contributed by atoms with van der Waals surface area (Å²) >= 11 is 0. The van der Waals surface area contributed by atoms with Crippen molar-refractivity contribution in [1.29, 1.82) is 0 Å². The van der Waals surface area contributed by atoms with Crippen molar-refractivity contribution in [1.82, 2.24) is 25.5 Å². The SMILES string of the molecule is CNC(=O)[C@H](O[C@H]1OC(C(=O)N[C@H]2CCC[C@@H](C)NC2=O)=C[C@H](O)[C@@H]1O)[C@H]1O[C@@H](n2ccc(=O)[nH]c2=O)[C@H](O)[C@@H]1OC. The van der Waals surface area contributed by atoms with Crippen LogP contribution < -0.4 is 27.2 Å². The van der Waals surface area contributed by atoms with Crippen molar-refractivity contribution in [3.05, 3.63) is 44.9 Å². The zero-order valence-corrected chi connectivity index (χ0v) is 23.1. The molecule has 0 aromatic carbocycles. The fourth-order valence-corrected chi connectivity index (χ4v) is 5.05. The molecule has 0 bridgehead atoms. The van der Waals surface area contributed by atoms with Gasteiger partial charge in [-0.15, -0.1) is 0 Å². The monoisotopic (exact) mass is 597 g/mol. The van der Waals surface area contributed by atoms with Gasteiger partial charge < -0.3 is 50.2 Å². The van der Waals surface area contributed by atoms with Crippen LogP contribution in [0, 0.1) is 0 Å². The number of aliphatic hydroxyl groups excluding tert-OH is 3. The summed E-state index contributed by atoms with van der Waals surface area (Å²) in [6.07, 6.45) is -8.74. The Hall–Kier alpha value is -3.61. The molecule has 0 radical (unpaired) electrons. The summed E-state index contributed by atoms with van der Waals surface area (Å²) in [7, 11) is 2.49. The van der Waals surface area contributed by atoms with E-state index in [1.165, 1.54) is 14.2 Å².